The van der Waals surface area contributed by atoms with Crippen LogP contribution in [0.1, 0.15) is 26.7 Å². The molecule has 0 spiro atoms. The van der Waals surface area contributed by atoms with Gasteiger partial charge < -0.3 is 10.2 Å². The van der Waals surface area contributed by atoms with Crippen LogP contribution in [0.3, 0.4) is 0 Å². The minimum atomic E-state index is 0. The standard InChI is InChI=1S/C13H27N3.ClH/c1-12-4-7-15(3)8-9-16(12)11-13(2)5-6-14-10-13;/h12,14H,4-11H2,1-3H3;1H. The van der Waals surface area contributed by atoms with Gasteiger partial charge in [-0.25, -0.2) is 0 Å². The van der Waals surface area contributed by atoms with Gasteiger partial charge in [0.05, 0.1) is 0 Å². The van der Waals surface area contributed by atoms with E-state index in [1.807, 2.05) is 0 Å². The Morgan fingerprint density at radius 1 is 1.29 bits per heavy atom. The fraction of sp³-hybridized carbons (Fsp3) is 1.00. The summed E-state index contributed by atoms with van der Waals surface area (Å²) in [7, 11) is 2.25. The largest absolute Gasteiger partial charge is 0.316 e. The van der Waals surface area contributed by atoms with Crippen molar-refractivity contribution < 1.29 is 0 Å². The van der Waals surface area contributed by atoms with Gasteiger partial charge in [0, 0.05) is 32.2 Å². The highest BCUT2D eigenvalue weighted by Gasteiger charge is 2.32. The van der Waals surface area contributed by atoms with Crippen LogP contribution in [0.2, 0.25) is 0 Å². The molecule has 2 rings (SSSR count). The summed E-state index contributed by atoms with van der Waals surface area (Å²) in [5, 5.41) is 3.50. The molecule has 3 nitrogen and oxygen atoms in total. The van der Waals surface area contributed by atoms with E-state index in [9.17, 15) is 0 Å². The fourth-order valence-electron chi connectivity index (χ4n) is 2.95. The number of nitrogens with zero attached hydrogens (tertiary/aromatic N) is 2. The number of hydrogen-bond donors (Lipinski definition) is 1. The highest BCUT2D eigenvalue weighted by molar-refractivity contribution is 5.85. The van der Waals surface area contributed by atoms with Crippen LogP contribution in [0.15, 0.2) is 0 Å². The third kappa shape index (κ3) is 4.09. The number of rotatable bonds is 2. The van der Waals surface area contributed by atoms with E-state index in [4.69, 9.17) is 0 Å². The molecule has 2 heterocycles. The molecular formula is C13H28ClN3. The van der Waals surface area contributed by atoms with Crippen LogP contribution in [0.25, 0.3) is 0 Å². The van der Waals surface area contributed by atoms with E-state index in [1.54, 1.807) is 0 Å². The molecule has 2 aliphatic heterocycles. The number of likely N-dealkylation sites (N-methyl/N-ethyl adjacent to an activating group) is 1. The lowest BCUT2D eigenvalue weighted by Gasteiger charge is -2.34. The van der Waals surface area contributed by atoms with Crippen molar-refractivity contribution in [3.8, 4) is 0 Å². The molecule has 0 aliphatic carbocycles. The molecule has 0 bridgehead atoms. The maximum absolute atomic E-state index is 3.50. The van der Waals surface area contributed by atoms with Gasteiger partial charge in [0.2, 0.25) is 0 Å². The van der Waals surface area contributed by atoms with E-state index in [-0.39, 0.29) is 12.4 Å². The van der Waals surface area contributed by atoms with Crippen molar-refractivity contribution >= 4 is 12.4 Å². The lowest BCUT2D eigenvalue weighted by atomic mass is 9.88. The Hall–Kier alpha value is 0.170. The molecule has 0 aromatic heterocycles. The van der Waals surface area contributed by atoms with Crippen molar-refractivity contribution in [1.29, 1.82) is 0 Å². The second-order valence-corrected chi connectivity index (χ2v) is 6.15. The number of halogens is 1. The summed E-state index contributed by atoms with van der Waals surface area (Å²) in [6.45, 7) is 12.2. The molecule has 102 valence electrons. The van der Waals surface area contributed by atoms with Crippen LogP contribution in [0.4, 0.5) is 0 Å². The maximum atomic E-state index is 3.50. The predicted molar refractivity (Wildman–Crippen MR) is 76.0 cm³/mol. The monoisotopic (exact) mass is 261 g/mol. The zero-order valence-corrected chi connectivity index (χ0v) is 12.4. The Morgan fingerprint density at radius 2 is 2.06 bits per heavy atom. The molecule has 0 aromatic carbocycles. The first-order valence-corrected chi connectivity index (χ1v) is 6.72. The van der Waals surface area contributed by atoms with Crippen LogP contribution in [-0.4, -0.2) is 62.2 Å². The minimum absolute atomic E-state index is 0. The van der Waals surface area contributed by atoms with Gasteiger partial charge in [-0.3, -0.25) is 4.90 Å². The van der Waals surface area contributed by atoms with E-state index in [0.29, 0.717) is 5.41 Å². The molecule has 2 saturated heterocycles. The van der Waals surface area contributed by atoms with Crippen molar-refractivity contribution in [2.75, 3.05) is 46.3 Å². The molecule has 2 fully saturated rings. The maximum Gasteiger partial charge on any atom is 0.0112 e. The molecule has 17 heavy (non-hydrogen) atoms. The van der Waals surface area contributed by atoms with Gasteiger partial charge in [-0.2, -0.15) is 0 Å². The van der Waals surface area contributed by atoms with Gasteiger partial charge in [0.25, 0.3) is 0 Å². The summed E-state index contributed by atoms with van der Waals surface area (Å²) < 4.78 is 0. The van der Waals surface area contributed by atoms with Crippen molar-refractivity contribution in [2.45, 2.75) is 32.7 Å². The summed E-state index contributed by atoms with van der Waals surface area (Å²) in [6, 6.07) is 0.752. The Morgan fingerprint density at radius 3 is 2.71 bits per heavy atom. The smallest absolute Gasteiger partial charge is 0.0112 e. The fourth-order valence-corrected chi connectivity index (χ4v) is 2.95. The van der Waals surface area contributed by atoms with Crippen LogP contribution >= 0.6 is 12.4 Å². The third-order valence-corrected chi connectivity index (χ3v) is 4.36. The first-order valence-electron chi connectivity index (χ1n) is 6.72. The summed E-state index contributed by atoms with van der Waals surface area (Å²) in [6.07, 6.45) is 2.66. The lowest BCUT2D eigenvalue weighted by Crippen LogP contribution is -2.43. The van der Waals surface area contributed by atoms with Crippen molar-refractivity contribution in [3.05, 3.63) is 0 Å². The van der Waals surface area contributed by atoms with Gasteiger partial charge in [-0.05, 0) is 45.3 Å². The Kier molecular flexibility index (Phi) is 5.71. The van der Waals surface area contributed by atoms with Gasteiger partial charge in [-0.1, -0.05) is 6.92 Å². The molecule has 2 atom stereocenters. The van der Waals surface area contributed by atoms with E-state index in [0.717, 1.165) is 6.04 Å². The highest BCUT2D eigenvalue weighted by Crippen LogP contribution is 2.27. The zero-order valence-electron chi connectivity index (χ0n) is 11.5. The van der Waals surface area contributed by atoms with Crippen LogP contribution < -0.4 is 5.32 Å². The molecule has 2 aliphatic rings. The van der Waals surface area contributed by atoms with E-state index in [2.05, 4.69) is 36.0 Å². The second-order valence-electron chi connectivity index (χ2n) is 6.15. The van der Waals surface area contributed by atoms with Crippen LogP contribution in [0, 0.1) is 5.41 Å². The van der Waals surface area contributed by atoms with Gasteiger partial charge >= 0.3 is 0 Å². The molecule has 4 heteroatoms. The van der Waals surface area contributed by atoms with Crippen molar-refractivity contribution in [2.24, 2.45) is 5.41 Å². The summed E-state index contributed by atoms with van der Waals surface area (Å²) in [5.41, 5.74) is 0.511. The van der Waals surface area contributed by atoms with Crippen LogP contribution in [-0.2, 0) is 0 Å². The lowest BCUT2D eigenvalue weighted by molar-refractivity contribution is 0.142. The normalized spacial score (nSPS) is 36.5. The van der Waals surface area contributed by atoms with Crippen LogP contribution in [0.5, 0.6) is 0 Å². The van der Waals surface area contributed by atoms with E-state index in [1.165, 1.54) is 52.1 Å². The molecule has 0 amide bonds. The van der Waals surface area contributed by atoms with Crippen molar-refractivity contribution in [3.63, 3.8) is 0 Å². The molecule has 2 unspecified atom stereocenters. The quantitative estimate of drug-likeness (QED) is 0.812. The third-order valence-electron chi connectivity index (χ3n) is 4.36. The average molecular weight is 262 g/mol. The molecular weight excluding hydrogens is 234 g/mol. The summed E-state index contributed by atoms with van der Waals surface area (Å²) in [4.78, 5) is 5.17. The Labute approximate surface area is 112 Å². The molecule has 0 radical (unpaired) electrons. The van der Waals surface area contributed by atoms with E-state index >= 15 is 0 Å². The number of hydrogen-bond acceptors (Lipinski definition) is 3. The van der Waals surface area contributed by atoms with Crippen molar-refractivity contribution in [1.82, 2.24) is 15.1 Å². The van der Waals surface area contributed by atoms with Gasteiger partial charge in [0.1, 0.15) is 0 Å². The predicted octanol–water partition coefficient (Wildman–Crippen LogP) is 1.43. The molecule has 0 aromatic rings. The first kappa shape index (κ1) is 15.2. The average Bonchev–Trinajstić information content (AvgIpc) is 2.61. The topological polar surface area (TPSA) is 18.5 Å². The summed E-state index contributed by atoms with van der Waals surface area (Å²) >= 11 is 0. The summed E-state index contributed by atoms with van der Waals surface area (Å²) in [5.74, 6) is 0. The molecule has 1 N–H and O–H groups in total. The van der Waals surface area contributed by atoms with Gasteiger partial charge in [-0.15, -0.1) is 12.4 Å². The highest BCUT2D eigenvalue weighted by atomic mass is 35.5. The SMILES string of the molecule is CC1CCN(C)CCN1CC1(C)CCNC1.Cl. The Balaban J connectivity index is 0.00000144. The Bertz CT molecular complexity index is 229. The van der Waals surface area contributed by atoms with Gasteiger partial charge in [0.15, 0.2) is 0 Å². The zero-order chi connectivity index (χ0) is 11.6. The number of nitrogens with one attached hydrogen (secondary N) is 1. The first-order chi connectivity index (χ1) is 7.59. The van der Waals surface area contributed by atoms with E-state index < -0.39 is 0 Å². The minimum Gasteiger partial charge on any atom is -0.316 e. The molecule has 0 saturated carbocycles. The second kappa shape index (κ2) is 6.37.